The Hall–Kier alpha value is -3.56. The molecule has 2 unspecified atom stereocenters. The largest absolute Gasteiger partial charge is 0.416 e. The molecule has 0 amide bonds. The van der Waals surface area contributed by atoms with Gasteiger partial charge in [0.2, 0.25) is 0 Å². The molecule has 0 saturated carbocycles. The number of nitrogens with two attached hydrogens (primary N) is 1. The molecule has 0 spiro atoms. The van der Waals surface area contributed by atoms with Gasteiger partial charge in [0.15, 0.2) is 0 Å². The molecule has 1 aliphatic rings. The first-order valence-electron chi connectivity index (χ1n) is 11.6. The quantitative estimate of drug-likeness (QED) is 0.375. The van der Waals surface area contributed by atoms with Gasteiger partial charge in [0.1, 0.15) is 0 Å². The van der Waals surface area contributed by atoms with E-state index in [4.69, 9.17) is 5.73 Å². The zero-order valence-electron chi connectivity index (χ0n) is 20.2. The third kappa shape index (κ3) is 6.37. The maximum absolute atomic E-state index is 13.5. The topological polar surface area (TPSA) is 84.9 Å². The van der Waals surface area contributed by atoms with Crippen molar-refractivity contribution in [3.05, 3.63) is 64.2 Å². The first kappa shape index (κ1) is 28.4. The molecule has 212 valence electrons. The van der Waals surface area contributed by atoms with Crippen molar-refractivity contribution in [2.45, 2.75) is 57.0 Å². The summed E-state index contributed by atoms with van der Waals surface area (Å²) < 4.78 is 122. The van der Waals surface area contributed by atoms with Gasteiger partial charge in [-0.05, 0) is 66.1 Å². The number of alkyl halides is 9. The minimum absolute atomic E-state index is 0.00112. The molecule has 1 aromatic heterocycles. The van der Waals surface area contributed by atoms with E-state index in [2.05, 4.69) is 20.7 Å². The van der Waals surface area contributed by atoms with E-state index in [1.807, 2.05) is 0 Å². The molecule has 2 aromatic carbocycles. The van der Waals surface area contributed by atoms with Crippen molar-refractivity contribution in [1.29, 1.82) is 0 Å². The minimum Gasteiger partial charge on any atom is -0.382 e. The van der Waals surface area contributed by atoms with Crippen LogP contribution in [0.1, 0.15) is 47.2 Å². The van der Waals surface area contributed by atoms with Crippen LogP contribution >= 0.6 is 0 Å². The highest BCUT2D eigenvalue weighted by Gasteiger charge is 2.39. The van der Waals surface area contributed by atoms with Crippen LogP contribution in [0.3, 0.4) is 0 Å². The summed E-state index contributed by atoms with van der Waals surface area (Å²) in [4.78, 5) is 2.33. The first-order valence-corrected chi connectivity index (χ1v) is 11.6. The Balaban J connectivity index is 1.87. The van der Waals surface area contributed by atoms with Crippen LogP contribution < -0.4 is 16.0 Å². The van der Waals surface area contributed by atoms with Crippen molar-refractivity contribution in [2.75, 3.05) is 16.8 Å². The van der Waals surface area contributed by atoms with E-state index in [-0.39, 0.29) is 43.1 Å². The van der Waals surface area contributed by atoms with Gasteiger partial charge in [-0.15, -0.1) is 5.10 Å². The van der Waals surface area contributed by atoms with Gasteiger partial charge < -0.3 is 16.0 Å². The summed E-state index contributed by atoms with van der Waals surface area (Å²) >= 11 is 0. The fourth-order valence-electron chi connectivity index (χ4n) is 4.42. The lowest BCUT2D eigenvalue weighted by molar-refractivity contribution is -0.143. The van der Waals surface area contributed by atoms with Gasteiger partial charge in [-0.3, -0.25) is 0 Å². The molecule has 7 nitrogen and oxygen atoms in total. The lowest BCUT2D eigenvalue weighted by Crippen LogP contribution is -2.37. The predicted molar refractivity (Wildman–Crippen MR) is 121 cm³/mol. The molecular weight excluding hydrogens is 545 g/mol. The van der Waals surface area contributed by atoms with Gasteiger partial charge >= 0.3 is 18.5 Å². The number of rotatable bonds is 6. The fourth-order valence-corrected chi connectivity index (χ4v) is 4.42. The zero-order valence-corrected chi connectivity index (χ0v) is 20.2. The molecule has 3 aromatic rings. The van der Waals surface area contributed by atoms with E-state index in [9.17, 15) is 39.5 Å². The first-order chi connectivity index (χ1) is 18.1. The van der Waals surface area contributed by atoms with Gasteiger partial charge in [0.25, 0.3) is 5.95 Å². The van der Waals surface area contributed by atoms with Crippen LogP contribution in [0.25, 0.3) is 0 Å². The Kier molecular flexibility index (Phi) is 7.44. The number of anilines is 2. The van der Waals surface area contributed by atoms with Crippen molar-refractivity contribution in [2.24, 2.45) is 5.73 Å². The monoisotopic (exact) mass is 567 g/mol. The minimum atomic E-state index is -5.08. The second-order valence-electron chi connectivity index (χ2n) is 9.11. The van der Waals surface area contributed by atoms with Crippen molar-refractivity contribution in [3.63, 3.8) is 0 Å². The van der Waals surface area contributed by atoms with Crippen LogP contribution in [0.15, 0.2) is 36.4 Å². The number of nitrogens with one attached hydrogen (secondary N) is 1. The van der Waals surface area contributed by atoms with E-state index in [0.717, 1.165) is 16.9 Å². The summed E-state index contributed by atoms with van der Waals surface area (Å²) in [6.07, 6.45) is -14.7. The number of benzene rings is 2. The SMILES string of the molecule is CC1CC(N(Cc2cc(C(F)(F)F)cc(C(F)(F)F)c2)c2nnn(CCN)n2)c2cc(C(F)(F)F)ccc2N1. The standard InChI is InChI=1S/C23H22F9N7/c1-12-6-19(17-10-14(21(24,25)26)2-3-18(17)34-12)38(20-35-37-39(36-20)5-4-33)11-13-7-15(22(27,28)29)9-16(8-13)23(30,31)32/h2-3,7-10,12,19,34H,4-6,11,33H2,1H3. The number of tetrazole rings is 1. The van der Waals surface area contributed by atoms with Crippen LogP contribution in [-0.2, 0) is 31.6 Å². The molecule has 0 radical (unpaired) electrons. The third-order valence-electron chi connectivity index (χ3n) is 6.12. The number of fused-ring (bicyclic) bond motifs is 1. The van der Waals surface area contributed by atoms with Crippen LogP contribution in [0.4, 0.5) is 51.1 Å². The normalized spacial score (nSPS) is 18.0. The summed E-state index contributed by atoms with van der Waals surface area (Å²) in [7, 11) is 0. The maximum atomic E-state index is 13.5. The lowest BCUT2D eigenvalue weighted by Gasteiger charge is -2.38. The van der Waals surface area contributed by atoms with E-state index < -0.39 is 53.4 Å². The van der Waals surface area contributed by atoms with Crippen molar-refractivity contribution in [1.82, 2.24) is 20.2 Å². The molecule has 16 heteroatoms. The average molecular weight is 567 g/mol. The molecule has 3 N–H and O–H groups in total. The Morgan fingerprint density at radius 3 is 2.10 bits per heavy atom. The zero-order chi connectivity index (χ0) is 28.8. The smallest absolute Gasteiger partial charge is 0.382 e. The Bertz CT molecular complexity index is 1280. The van der Waals surface area contributed by atoms with E-state index in [0.29, 0.717) is 17.8 Å². The molecule has 0 fully saturated rings. The van der Waals surface area contributed by atoms with Crippen LogP contribution in [0.2, 0.25) is 0 Å². The molecule has 2 atom stereocenters. The van der Waals surface area contributed by atoms with Crippen molar-refractivity contribution in [3.8, 4) is 0 Å². The fraction of sp³-hybridized carbons (Fsp3) is 0.435. The van der Waals surface area contributed by atoms with E-state index in [1.165, 1.54) is 11.0 Å². The van der Waals surface area contributed by atoms with Crippen LogP contribution in [0, 0.1) is 0 Å². The Morgan fingerprint density at radius 1 is 0.923 bits per heavy atom. The van der Waals surface area contributed by atoms with E-state index >= 15 is 0 Å². The molecule has 4 rings (SSSR count). The highest BCUT2D eigenvalue weighted by molar-refractivity contribution is 5.59. The lowest BCUT2D eigenvalue weighted by atomic mass is 9.90. The predicted octanol–water partition coefficient (Wildman–Crippen LogP) is 5.64. The van der Waals surface area contributed by atoms with Gasteiger partial charge in [-0.2, -0.15) is 44.3 Å². The summed E-state index contributed by atoms with van der Waals surface area (Å²) in [5.74, 6) is -0.197. The molecule has 0 bridgehead atoms. The van der Waals surface area contributed by atoms with E-state index in [1.54, 1.807) is 6.92 Å². The number of nitrogens with zero attached hydrogens (tertiary/aromatic N) is 5. The molecule has 2 heterocycles. The number of aromatic nitrogens is 4. The molecule has 39 heavy (non-hydrogen) atoms. The maximum Gasteiger partial charge on any atom is 0.416 e. The summed E-state index contributed by atoms with van der Waals surface area (Å²) in [6, 6.07) is 2.83. The molecule has 1 aliphatic heterocycles. The summed E-state index contributed by atoms with van der Waals surface area (Å²) in [5.41, 5.74) is 1.53. The number of hydrogen-bond acceptors (Lipinski definition) is 6. The van der Waals surface area contributed by atoms with Gasteiger partial charge in [-0.25, -0.2) is 0 Å². The molecular formula is C23H22F9N7. The second kappa shape index (κ2) is 10.2. The van der Waals surface area contributed by atoms with Gasteiger partial charge in [0.05, 0.1) is 29.3 Å². The summed E-state index contributed by atoms with van der Waals surface area (Å²) in [6.45, 7) is 1.34. The summed E-state index contributed by atoms with van der Waals surface area (Å²) in [5, 5.41) is 14.9. The van der Waals surface area contributed by atoms with Crippen LogP contribution in [-0.4, -0.2) is 32.8 Å². The van der Waals surface area contributed by atoms with Gasteiger partial charge in [0, 0.05) is 24.8 Å². The van der Waals surface area contributed by atoms with Crippen molar-refractivity contribution < 1.29 is 39.5 Å². The highest BCUT2D eigenvalue weighted by atomic mass is 19.4. The Morgan fingerprint density at radius 2 is 1.54 bits per heavy atom. The third-order valence-corrected chi connectivity index (χ3v) is 6.12. The number of hydrogen-bond donors (Lipinski definition) is 2. The van der Waals surface area contributed by atoms with Crippen LogP contribution in [0.5, 0.6) is 0 Å². The molecule has 0 aliphatic carbocycles. The second-order valence-corrected chi connectivity index (χ2v) is 9.11. The van der Waals surface area contributed by atoms with Gasteiger partial charge in [-0.1, -0.05) is 5.10 Å². The molecule has 0 saturated heterocycles. The number of halogens is 9. The average Bonchev–Trinajstić information content (AvgIpc) is 3.28. The van der Waals surface area contributed by atoms with Crippen molar-refractivity contribution >= 4 is 11.6 Å². The highest BCUT2D eigenvalue weighted by Crippen LogP contribution is 2.43. The Labute approximate surface area is 215 Å².